The topological polar surface area (TPSA) is 49.7 Å². The summed E-state index contributed by atoms with van der Waals surface area (Å²) in [6, 6.07) is 0. The van der Waals surface area contributed by atoms with Crippen LogP contribution in [0.2, 0.25) is 0 Å². The lowest BCUT2D eigenvalue weighted by molar-refractivity contribution is -0.110. The van der Waals surface area contributed by atoms with Crippen LogP contribution in [-0.2, 0) is 4.79 Å². The van der Waals surface area contributed by atoms with Crippen LogP contribution in [0.5, 0.6) is 0 Å². The van der Waals surface area contributed by atoms with Gasteiger partial charge in [0.25, 0.3) is 0 Å². The molecule has 1 fully saturated rings. The third kappa shape index (κ3) is 1.56. The first kappa shape index (κ1) is 7.25. The highest BCUT2D eigenvalue weighted by atomic mass is 16.4. The van der Waals surface area contributed by atoms with E-state index in [0.717, 1.165) is 25.5 Å². The minimum absolute atomic E-state index is 0.197. The van der Waals surface area contributed by atoms with Crippen molar-refractivity contribution in [2.45, 2.75) is 19.3 Å². The van der Waals surface area contributed by atoms with Crippen LogP contribution in [-0.4, -0.2) is 17.7 Å². The van der Waals surface area contributed by atoms with Gasteiger partial charge in [0.05, 0.1) is 0 Å². The van der Waals surface area contributed by atoms with Crippen LogP contribution in [0.4, 0.5) is 0 Å². The monoisotopic (exact) mass is 141 g/mol. The van der Waals surface area contributed by atoms with E-state index in [4.69, 9.17) is 5.21 Å². The molecule has 1 saturated carbocycles. The summed E-state index contributed by atoms with van der Waals surface area (Å²) in [6.45, 7) is 0. The second-order valence-electron chi connectivity index (χ2n) is 2.73. The lowest BCUT2D eigenvalue weighted by Gasteiger charge is -1.97. The second kappa shape index (κ2) is 3.34. The number of hydrogen-bond acceptors (Lipinski definition) is 3. The van der Waals surface area contributed by atoms with Gasteiger partial charge in [-0.1, -0.05) is 0 Å². The normalized spacial score (nSPS) is 33.2. The van der Waals surface area contributed by atoms with Gasteiger partial charge in [0, 0.05) is 12.1 Å². The number of carbonyl (C=O) groups is 1. The Morgan fingerprint density at radius 1 is 1.40 bits per heavy atom. The van der Waals surface area contributed by atoms with Gasteiger partial charge in [0.1, 0.15) is 6.29 Å². The maximum absolute atomic E-state index is 10.2. The summed E-state index contributed by atoms with van der Waals surface area (Å²) < 4.78 is 0. The first-order valence-electron chi connectivity index (χ1n) is 3.49. The second-order valence-corrected chi connectivity index (χ2v) is 2.73. The lowest BCUT2D eigenvalue weighted by atomic mass is 10.1. The first-order chi connectivity index (χ1) is 4.86. The van der Waals surface area contributed by atoms with E-state index in [1.165, 1.54) is 6.21 Å². The molecule has 0 spiro atoms. The van der Waals surface area contributed by atoms with E-state index in [0.29, 0.717) is 5.92 Å². The quantitative estimate of drug-likeness (QED) is 0.270. The predicted molar refractivity (Wildman–Crippen MR) is 37.2 cm³/mol. The summed E-state index contributed by atoms with van der Waals surface area (Å²) in [4.78, 5) is 10.2. The summed E-state index contributed by atoms with van der Waals surface area (Å²) in [5, 5.41) is 11.1. The van der Waals surface area contributed by atoms with Gasteiger partial charge < -0.3 is 10.0 Å². The minimum atomic E-state index is 0.197. The fraction of sp³-hybridized carbons (Fsp3) is 0.714. The summed E-state index contributed by atoms with van der Waals surface area (Å²) in [5.41, 5.74) is 0. The molecule has 0 aromatic heterocycles. The zero-order valence-corrected chi connectivity index (χ0v) is 5.73. The highest BCUT2D eigenvalue weighted by molar-refractivity contribution is 5.63. The average Bonchev–Trinajstić information content (AvgIpc) is 2.37. The number of rotatable bonds is 2. The van der Waals surface area contributed by atoms with E-state index >= 15 is 0 Å². The Morgan fingerprint density at radius 2 is 2.10 bits per heavy atom. The molecule has 3 nitrogen and oxygen atoms in total. The first-order valence-corrected chi connectivity index (χ1v) is 3.49. The molecule has 0 amide bonds. The molecule has 0 bridgehead atoms. The molecule has 1 aliphatic carbocycles. The fourth-order valence-corrected chi connectivity index (χ4v) is 1.41. The highest BCUT2D eigenvalue weighted by Crippen LogP contribution is 2.27. The summed E-state index contributed by atoms with van der Waals surface area (Å²) >= 11 is 0. The molecule has 0 aromatic carbocycles. The average molecular weight is 141 g/mol. The zero-order chi connectivity index (χ0) is 7.40. The number of hydrogen-bond donors (Lipinski definition) is 1. The minimum Gasteiger partial charge on any atom is -0.411 e. The van der Waals surface area contributed by atoms with E-state index < -0.39 is 0 Å². The number of oxime groups is 1. The Kier molecular flexibility index (Phi) is 2.42. The van der Waals surface area contributed by atoms with Crippen LogP contribution in [0.25, 0.3) is 0 Å². The zero-order valence-electron chi connectivity index (χ0n) is 5.73. The lowest BCUT2D eigenvalue weighted by Crippen LogP contribution is -1.98. The maximum Gasteiger partial charge on any atom is 0.123 e. The van der Waals surface area contributed by atoms with Gasteiger partial charge >= 0.3 is 0 Å². The van der Waals surface area contributed by atoms with Crippen molar-refractivity contribution in [3.63, 3.8) is 0 Å². The number of carbonyl (C=O) groups excluding carboxylic acids is 1. The van der Waals surface area contributed by atoms with Crippen LogP contribution < -0.4 is 0 Å². The van der Waals surface area contributed by atoms with Crippen molar-refractivity contribution in [2.75, 3.05) is 0 Å². The fourth-order valence-electron chi connectivity index (χ4n) is 1.41. The summed E-state index contributed by atoms with van der Waals surface area (Å²) in [6.07, 6.45) is 5.29. The summed E-state index contributed by atoms with van der Waals surface area (Å²) in [5.74, 6) is 0.517. The highest BCUT2D eigenvalue weighted by Gasteiger charge is 2.22. The van der Waals surface area contributed by atoms with Gasteiger partial charge in [-0.15, -0.1) is 5.16 Å². The molecule has 0 radical (unpaired) electrons. The Labute approximate surface area is 59.7 Å². The molecule has 2 unspecified atom stereocenters. The molecule has 3 heteroatoms. The Bertz CT molecular complexity index is 145. The van der Waals surface area contributed by atoms with Crippen LogP contribution >= 0.6 is 0 Å². The van der Waals surface area contributed by atoms with Crippen molar-refractivity contribution in [1.29, 1.82) is 0 Å². The van der Waals surface area contributed by atoms with Crippen LogP contribution in [0.3, 0.4) is 0 Å². The molecule has 56 valence electrons. The largest absolute Gasteiger partial charge is 0.411 e. The van der Waals surface area contributed by atoms with E-state index in [1.54, 1.807) is 0 Å². The Balaban J connectivity index is 2.35. The molecule has 1 N–H and O–H groups in total. The molecule has 10 heavy (non-hydrogen) atoms. The van der Waals surface area contributed by atoms with Crippen molar-refractivity contribution >= 4 is 12.5 Å². The van der Waals surface area contributed by atoms with E-state index in [1.807, 2.05) is 0 Å². The van der Waals surface area contributed by atoms with Crippen LogP contribution in [0, 0.1) is 11.8 Å². The van der Waals surface area contributed by atoms with Crippen LogP contribution in [0.1, 0.15) is 19.3 Å². The van der Waals surface area contributed by atoms with Crippen molar-refractivity contribution < 1.29 is 10.0 Å². The molecule has 1 rings (SSSR count). The van der Waals surface area contributed by atoms with Gasteiger partial charge in [0.15, 0.2) is 0 Å². The van der Waals surface area contributed by atoms with Gasteiger partial charge in [-0.3, -0.25) is 0 Å². The van der Waals surface area contributed by atoms with E-state index in [2.05, 4.69) is 5.16 Å². The third-order valence-corrected chi connectivity index (χ3v) is 1.98. The molecular weight excluding hydrogens is 130 g/mol. The molecule has 0 aromatic rings. The van der Waals surface area contributed by atoms with E-state index in [-0.39, 0.29) is 5.92 Å². The van der Waals surface area contributed by atoms with E-state index in [9.17, 15) is 4.79 Å². The number of nitrogens with zero attached hydrogens (tertiary/aromatic N) is 1. The third-order valence-electron chi connectivity index (χ3n) is 1.98. The van der Waals surface area contributed by atoms with Crippen molar-refractivity contribution in [3.05, 3.63) is 0 Å². The summed E-state index contributed by atoms with van der Waals surface area (Å²) in [7, 11) is 0. The standard InChI is InChI=1S/C7H11NO2/c9-5-7-2-1-6(3-7)4-8-10/h4-7,10H,1-3H2. The van der Waals surface area contributed by atoms with Gasteiger partial charge in [-0.2, -0.15) is 0 Å². The van der Waals surface area contributed by atoms with Gasteiger partial charge in [-0.05, 0) is 25.2 Å². The Hall–Kier alpha value is -0.860. The molecular formula is C7H11NO2. The molecule has 0 aliphatic heterocycles. The Morgan fingerprint density at radius 3 is 2.60 bits per heavy atom. The van der Waals surface area contributed by atoms with Crippen molar-refractivity contribution in [3.8, 4) is 0 Å². The van der Waals surface area contributed by atoms with Crippen molar-refractivity contribution in [2.24, 2.45) is 17.0 Å². The van der Waals surface area contributed by atoms with Gasteiger partial charge in [-0.25, -0.2) is 0 Å². The molecule has 1 aliphatic rings. The maximum atomic E-state index is 10.2. The molecule has 0 heterocycles. The SMILES string of the molecule is O=CC1CCC(C=NO)C1. The van der Waals surface area contributed by atoms with Gasteiger partial charge in [0.2, 0.25) is 0 Å². The molecule has 0 saturated heterocycles. The molecule has 2 atom stereocenters. The smallest absolute Gasteiger partial charge is 0.123 e. The predicted octanol–water partition coefficient (Wildman–Crippen LogP) is 1.06. The number of aldehydes is 1. The van der Waals surface area contributed by atoms with Crippen LogP contribution in [0.15, 0.2) is 5.16 Å². The van der Waals surface area contributed by atoms with Crippen molar-refractivity contribution in [1.82, 2.24) is 0 Å².